The normalized spacial score (nSPS) is 19.6. The molecule has 0 bridgehead atoms. The second-order valence-corrected chi connectivity index (χ2v) is 4.61. The molecular weight excluding hydrogens is 256 g/mol. The summed E-state index contributed by atoms with van der Waals surface area (Å²) < 4.78 is 0. The number of aliphatic carboxylic acids is 1. The highest BCUT2D eigenvalue weighted by molar-refractivity contribution is 6.33. The molecule has 18 heavy (non-hydrogen) atoms. The van der Waals surface area contributed by atoms with Gasteiger partial charge in [0.1, 0.15) is 6.04 Å². The molecule has 1 saturated heterocycles. The first-order valence-corrected chi connectivity index (χ1v) is 6.12. The van der Waals surface area contributed by atoms with Gasteiger partial charge in [-0.25, -0.2) is 4.79 Å². The van der Waals surface area contributed by atoms with Gasteiger partial charge in [0, 0.05) is 18.9 Å². The van der Waals surface area contributed by atoms with Crippen LogP contribution in [0.1, 0.15) is 29.6 Å². The number of nitrogens with zero attached hydrogens (tertiary/aromatic N) is 2. The molecule has 2 heterocycles. The summed E-state index contributed by atoms with van der Waals surface area (Å²) in [5.74, 6) is -1.33. The molecule has 0 aromatic carbocycles. The van der Waals surface area contributed by atoms with Gasteiger partial charge in [-0.3, -0.25) is 9.78 Å². The van der Waals surface area contributed by atoms with E-state index in [1.807, 2.05) is 0 Å². The van der Waals surface area contributed by atoms with Crippen LogP contribution < -0.4 is 0 Å². The number of pyridine rings is 1. The smallest absolute Gasteiger partial charge is 0.326 e. The lowest BCUT2D eigenvalue weighted by Gasteiger charge is -2.33. The summed E-state index contributed by atoms with van der Waals surface area (Å²) in [5.41, 5.74) is 0.257. The Morgan fingerprint density at radius 1 is 1.44 bits per heavy atom. The zero-order valence-electron chi connectivity index (χ0n) is 9.67. The van der Waals surface area contributed by atoms with Crippen LogP contribution in [0.15, 0.2) is 18.5 Å². The SMILES string of the molecule is O=C(O)[C@H]1CCCCN1C(=O)c1cnccc1Cl. The Labute approximate surface area is 109 Å². The number of carboxylic acid groups (broad SMARTS) is 1. The van der Waals surface area contributed by atoms with Gasteiger partial charge >= 0.3 is 5.97 Å². The number of aromatic nitrogens is 1. The fraction of sp³-hybridized carbons (Fsp3) is 0.417. The number of carbonyl (C=O) groups excluding carboxylic acids is 1. The molecule has 1 aliphatic heterocycles. The van der Waals surface area contributed by atoms with Gasteiger partial charge in [-0.15, -0.1) is 0 Å². The number of halogens is 1. The zero-order valence-corrected chi connectivity index (χ0v) is 10.4. The van der Waals surface area contributed by atoms with Gasteiger partial charge in [0.25, 0.3) is 5.91 Å². The van der Waals surface area contributed by atoms with Crippen LogP contribution in [0, 0.1) is 0 Å². The van der Waals surface area contributed by atoms with Crippen molar-refractivity contribution in [3.63, 3.8) is 0 Å². The summed E-state index contributed by atoms with van der Waals surface area (Å²) in [6.07, 6.45) is 4.98. The quantitative estimate of drug-likeness (QED) is 0.888. The van der Waals surface area contributed by atoms with Crippen molar-refractivity contribution in [1.29, 1.82) is 0 Å². The number of hydrogen-bond donors (Lipinski definition) is 1. The maximum atomic E-state index is 12.3. The van der Waals surface area contributed by atoms with Crippen LogP contribution in [-0.4, -0.2) is 39.5 Å². The fourth-order valence-electron chi connectivity index (χ4n) is 2.12. The summed E-state index contributed by atoms with van der Waals surface area (Å²) in [6.45, 7) is 0.445. The molecule has 1 aromatic rings. The monoisotopic (exact) mass is 268 g/mol. The van der Waals surface area contributed by atoms with E-state index in [0.29, 0.717) is 18.0 Å². The Balaban J connectivity index is 2.27. The Bertz CT molecular complexity index is 478. The predicted molar refractivity (Wildman–Crippen MR) is 65.6 cm³/mol. The molecule has 1 amide bonds. The number of piperidine rings is 1. The lowest BCUT2D eigenvalue weighted by molar-refractivity contribution is -0.143. The van der Waals surface area contributed by atoms with Crippen LogP contribution in [0.4, 0.5) is 0 Å². The topological polar surface area (TPSA) is 70.5 Å². The van der Waals surface area contributed by atoms with Crippen molar-refractivity contribution >= 4 is 23.5 Å². The molecule has 0 spiro atoms. The van der Waals surface area contributed by atoms with Crippen molar-refractivity contribution in [3.05, 3.63) is 29.0 Å². The van der Waals surface area contributed by atoms with Gasteiger partial charge in [0.2, 0.25) is 0 Å². The molecule has 1 aromatic heterocycles. The van der Waals surface area contributed by atoms with Gasteiger partial charge in [-0.05, 0) is 25.3 Å². The first kappa shape index (κ1) is 12.8. The van der Waals surface area contributed by atoms with Crippen molar-refractivity contribution in [2.75, 3.05) is 6.54 Å². The molecule has 0 radical (unpaired) electrons. The number of amides is 1. The number of hydrogen-bond acceptors (Lipinski definition) is 3. The van der Waals surface area contributed by atoms with Crippen molar-refractivity contribution < 1.29 is 14.7 Å². The molecule has 1 aliphatic rings. The third kappa shape index (κ3) is 2.46. The minimum atomic E-state index is -0.969. The van der Waals surface area contributed by atoms with E-state index in [-0.39, 0.29) is 11.5 Å². The highest BCUT2D eigenvalue weighted by Gasteiger charge is 2.33. The van der Waals surface area contributed by atoms with E-state index in [0.717, 1.165) is 12.8 Å². The van der Waals surface area contributed by atoms with Gasteiger partial charge < -0.3 is 10.0 Å². The molecule has 0 aliphatic carbocycles. The Hall–Kier alpha value is -1.62. The molecule has 6 heteroatoms. The standard InChI is InChI=1S/C12H13ClN2O3/c13-9-4-5-14-7-8(9)11(16)15-6-2-1-3-10(15)12(17)18/h4-5,7,10H,1-3,6H2,(H,17,18)/t10-/m1/s1. The maximum absolute atomic E-state index is 12.3. The zero-order chi connectivity index (χ0) is 13.1. The lowest BCUT2D eigenvalue weighted by atomic mass is 10.0. The Morgan fingerprint density at radius 3 is 2.89 bits per heavy atom. The highest BCUT2D eigenvalue weighted by Crippen LogP contribution is 2.22. The van der Waals surface area contributed by atoms with E-state index in [4.69, 9.17) is 16.7 Å². The minimum Gasteiger partial charge on any atom is -0.480 e. The number of likely N-dealkylation sites (tertiary alicyclic amines) is 1. The van der Waals surface area contributed by atoms with Crippen LogP contribution in [0.5, 0.6) is 0 Å². The number of rotatable bonds is 2. The predicted octanol–water partition coefficient (Wildman–Crippen LogP) is 1.81. The van der Waals surface area contributed by atoms with Gasteiger partial charge in [-0.2, -0.15) is 0 Å². The van der Waals surface area contributed by atoms with Gasteiger partial charge in [0.15, 0.2) is 0 Å². The first-order valence-electron chi connectivity index (χ1n) is 5.74. The summed E-state index contributed by atoms with van der Waals surface area (Å²) >= 11 is 5.93. The van der Waals surface area contributed by atoms with Crippen LogP contribution >= 0.6 is 11.6 Å². The number of carboxylic acids is 1. The summed E-state index contributed by atoms with van der Waals surface area (Å²) in [6, 6.07) is 0.761. The molecule has 0 saturated carbocycles. The lowest BCUT2D eigenvalue weighted by Crippen LogP contribution is -2.48. The summed E-state index contributed by atoms with van der Waals surface area (Å²) in [5, 5.41) is 9.43. The average Bonchev–Trinajstić information content (AvgIpc) is 2.38. The van der Waals surface area contributed by atoms with Crippen LogP contribution in [0.2, 0.25) is 5.02 Å². The molecule has 2 rings (SSSR count). The fourth-order valence-corrected chi connectivity index (χ4v) is 2.31. The summed E-state index contributed by atoms with van der Waals surface area (Å²) in [7, 11) is 0. The third-order valence-corrected chi connectivity index (χ3v) is 3.38. The number of carbonyl (C=O) groups is 2. The molecule has 1 atom stereocenters. The van der Waals surface area contributed by atoms with Crippen molar-refractivity contribution in [2.24, 2.45) is 0 Å². The van der Waals surface area contributed by atoms with Crippen molar-refractivity contribution in [3.8, 4) is 0 Å². The van der Waals surface area contributed by atoms with Crippen LogP contribution in [0.3, 0.4) is 0 Å². The van der Waals surface area contributed by atoms with Crippen LogP contribution in [-0.2, 0) is 4.79 Å². The van der Waals surface area contributed by atoms with Gasteiger partial charge in [0.05, 0.1) is 10.6 Å². The maximum Gasteiger partial charge on any atom is 0.326 e. The van der Waals surface area contributed by atoms with E-state index in [9.17, 15) is 9.59 Å². The molecule has 1 N–H and O–H groups in total. The highest BCUT2D eigenvalue weighted by atomic mass is 35.5. The minimum absolute atomic E-state index is 0.257. The van der Waals surface area contributed by atoms with Crippen molar-refractivity contribution in [1.82, 2.24) is 9.88 Å². The van der Waals surface area contributed by atoms with E-state index < -0.39 is 12.0 Å². The molecule has 0 unspecified atom stereocenters. The van der Waals surface area contributed by atoms with Crippen molar-refractivity contribution in [2.45, 2.75) is 25.3 Å². The van der Waals surface area contributed by atoms with E-state index in [1.54, 1.807) is 0 Å². The molecule has 5 nitrogen and oxygen atoms in total. The third-order valence-electron chi connectivity index (χ3n) is 3.05. The van der Waals surface area contributed by atoms with E-state index in [2.05, 4.69) is 4.98 Å². The largest absolute Gasteiger partial charge is 0.480 e. The molecule has 96 valence electrons. The van der Waals surface area contributed by atoms with E-state index in [1.165, 1.54) is 23.4 Å². The first-order chi connectivity index (χ1) is 8.61. The second kappa shape index (κ2) is 5.35. The molecular formula is C12H13ClN2O3. The van der Waals surface area contributed by atoms with E-state index >= 15 is 0 Å². The van der Waals surface area contributed by atoms with Crippen LogP contribution in [0.25, 0.3) is 0 Å². The Morgan fingerprint density at radius 2 is 2.22 bits per heavy atom. The summed E-state index contributed by atoms with van der Waals surface area (Å²) in [4.78, 5) is 28.6. The Kier molecular flexibility index (Phi) is 3.81. The van der Waals surface area contributed by atoms with Gasteiger partial charge in [-0.1, -0.05) is 11.6 Å². The second-order valence-electron chi connectivity index (χ2n) is 4.20. The molecule has 1 fully saturated rings. The average molecular weight is 269 g/mol.